The van der Waals surface area contributed by atoms with Crippen LogP contribution in [0.4, 0.5) is 0 Å². The lowest BCUT2D eigenvalue weighted by molar-refractivity contribution is 0.0896. The summed E-state index contributed by atoms with van der Waals surface area (Å²) in [5, 5.41) is 6.86. The number of rotatable bonds is 3. The van der Waals surface area contributed by atoms with Crippen LogP contribution >= 0.6 is 0 Å². The molecule has 4 nitrogen and oxygen atoms in total. The lowest BCUT2D eigenvalue weighted by atomic mass is 9.69. The Balaban J connectivity index is 1.21. The van der Waals surface area contributed by atoms with Gasteiger partial charge in [0.25, 0.3) is 0 Å². The average molecular weight is 351 g/mol. The third-order valence-corrected chi connectivity index (χ3v) is 7.14. The highest BCUT2D eigenvalue weighted by Crippen LogP contribution is 2.46. The van der Waals surface area contributed by atoms with Crippen molar-refractivity contribution in [3.8, 4) is 11.1 Å². The van der Waals surface area contributed by atoms with E-state index in [1.165, 1.54) is 74.7 Å². The van der Waals surface area contributed by atoms with E-state index in [-0.39, 0.29) is 0 Å². The molecule has 0 radical (unpaired) electrons. The van der Waals surface area contributed by atoms with Crippen LogP contribution in [0.3, 0.4) is 0 Å². The van der Waals surface area contributed by atoms with Crippen molar-refractivity contribution >= 4 is 0 Å². The summed E-state index contributed by atoms with van der Waals surface area (Å²) in [5.74, 6) is 0.737. The third-order valence-electron chi connectivity index (χ3n) is 7.14. The van der Waals surface area contributed by atoms with Crippen molar-refractivity contribution in [2.75, 3.05) is 13.1 Å². The smallest absolute Gasteiger partial charge is 0.0568 e. The van der Waals surface area contributed by atoms with E-state index >= 15 is 0 Å². The fraction of sp³-hybridized carbons (Fsp3) is 0.591. The molecule has 0 unspecified atom stereocenters. The van der Waals surface area contributed by atoms with Crippen LogP contribution in [0.2, 0.25) is 0 Å². The Morgan fingerprint density at radius 1 is 1.04 bits per heavy atom. The number of aromatic nitrogens is 2. The van der Waals surface area contributed by atoms with Gasteiger partial charge in [0.15, 0.2) is 0 Å². The minimum atomic E-state index is 0.543. The predicted octanol–water partition coefficient (Wildman–Crippen LogP) is 4.10. The van der Waals surface area contributed by atoms with E-state index in [1.807, 2.05) is 17.9 Å². The number of hydrogen-bond donors (Lipinski definition) is 1. The number of nitrogens with one attached hydrogen (secondary N) is 1. The SMILES string of the molecule is Cn1cc(-c2ccc(C3CCC4(CC3)CNN(C3CCC3)C4)cc2)cn1. The molecule has 1 aromatic heterocycles. The molecule has 26 heavy (non-hydrogen) atoms. The van der Waals surface area contributed by atoms with E-state index in [4.69, 9.17) is 0 Å². The van der Waals surface area contributed by atoms with Crippen LogP contribution in [-0.2, 0) is 7.05 Å². The molecule has 138 valence electrons. The standard InChI is InChI=1S/C22H30N4/c1-25-14-20(13-23-25)18-7-5-17(6-8-18)19-9-11-22(12-10-19)15-24-26(16-22)21-3-2-4-21/h5-8,13-14,19,21,24H,2-4,9-12,15-16H2,1H3. The van der Waals surface area contributed by atoms with E-state index < -0.39 is 0 Å². The van der Waals surface area contributed by atoms with Gasteiger partial charge in [0.2, 0.25) is 0 Å². The summed E-state index contributed by atoms with van der Waals surface area (Å²) in [4.78, 5) is 0. The quantitative estimate of drug-likeness (QED) is 0.904. The van der Waals surface area contributed by atoms with Crippen molar-refractivity contribution in [2.45, 2.75) is 56.9 Å². The molecule has 0 bridgehead atoms. The van der Waals surface area contributed by atoms with Gasteiger partial charge in [-0.2, -0.15) is 5.10 Å². The molecule has 3 aliphatic rings. The Morgan fingerprint density at radius 3 is 2.42 bits per heavy atom. The van der Waals surface area contributed by atoms with Crippen molar-refractivity contribution in [3.05, 3.63) is 42.2 Å². The first-order chi connectivity index (χ1) is 12.7. The van der Waals surface area contributed by atoms with Crippen molar-refractivity contribution < 1.29 is 0 Å². The molecule has 1 aliphatic heterocycles. The lowest BCUT2D eigenvalue weighted by Crippen LogP contribution is -2.44. The molecule has 0 atom stereocenters. The fourth-order valence-electron chi connectivity index (χ4n) is 5.12. The second-order valence-electron chi connectivity index (χ2n) is 8.85. The summed E-state index contributed by atoms with van der Waals surface area (Å²) in [5.41, 5.74) is 8.26. The highest BCUT2D eigenvalue weighted by Gasteiger charge is 2.43. The fourth-order valence-corrected chi connectivity index (χ4v) is 5.12. The Hall–Kier alpha value is -1.65. The van der Waals surface area contributed by atoms with E-state index in [2.05, 4.69) is 46.0 Å². The number of benzene rings is 1. The van der Waals surface area contributed by atoms with Gasteiger partial charge in [-0.25, -0.2) is 5.01 Å². The van der Waals surface area contributed by atoms with Crippen LogP contribution in [0, 0.1) is 5.41 Å². The third kappa shape index (κ3) is 2.99. The maximum atomic E-state index is 4.28. The molecule has 1 N–H and O–H groups in total. The molecule has 2 aliphatic carbocycles. The molecule has 2 aromatic rings. The van der Waals surface area contributed by atoms with Crippen LogP contribution in [-0.4, -0.2) is 33.9 Å². The summed E-state index contributed by atoms with van der Waals surface area (Å²) in [6.07, 6.45) is 13.7. The van der Waals surface area contributed by atoms with Crippen LogP contribution in [0.25, 0.3) is 11.1 Å². The summed E-state index contributed by atoms with van der Waals surface area (Å²) in [6, 6.07) is 10.1. The van der Waals surface area contributed by atoms with Crippen LogP contribution in [0.1, 0.15) is 56.4 Å². The first-order valence-electron chi connectivity index (χ1n) is 10.3. The number of hydrogen-bond acceptors (Lipinski definition) is 3. The zero-order chi connectivity index (χ0) is 17.6. The first kappa shape index (κ1) is 16.5. The molecule has 1 saturated heterocycles. The summed E-state index contributed by atoms with van der Waals surface area (Å²) >= 11 is 0. The first-order valence-corrected chi connectivity index (χ1v) is 10.3. The van der Waals surface area contributed by atoms with Crippen molar-refractivity contribution in [1.82, 2.24) is 20.2 Å². The molecule has 2 heterocycles. The minimum absolute atomic E-state index is 0.543. The Morgan fingerprint density at radius 2 is 1.81 bits per heavy atom. The summed E-state index contributed by atoms with van der Waals surface area (Å²) in [7, 11) is 1.97. The average Bonchev–Trinajstić information content (AvgIpc) is 3.22. The topological polar surface area (TPSA) is 33.1 Å². The molecule has 1 spiro atoms. The lowest BCUT2D eigenvalue weighted by Gasteiger charge is -2.39. The van der Waals surface area contributed by atoms with Gasteiger partial charge in [0, 0.05) is 37.9 Å². The number of nitrogens with zero attached hydrogens (tertiary/aromatic N) is 3. The molecule has 1 aromatic carbocycles. The maximum Gasteiger partial charge on any atom is 0.0568 e. The summed E-state index contributed by atoms with van der Waals surface area (Å²) < 4.78 is 1.87. The van der Waals surface area contributed by atoms with Crippen molar-refractivity contribution in [1.29, 1.82) is 0 Å². The zero-order valence-corrected chi connectivity index (χ0v) is 15.8. The van der Waals surface area contributed by atoms with Crippen LogP contribution in [0.15, 0.2) is 36.7 Å². The van der Waals surface area contributed by atoms with E-state index in [0.29, 0.717) is 5.41 Å². The van der Waals surface area contributed by atoms with E-state index in [9.17, 15) is 0 Å². The number of aryl methyl sites for hydroxylation is 1. The van der Waals surface area contributed by atoms with Gasteiger partial charge in [-0.1, -0.05) is 30.7 Å². The molecule has 3 fully saturated rings. The Bertz CT molecular complexity index is 751. The van der Waals surface area contributed by atoms with E-state index in [1.54, 1.807) is 0 Å². The summed E-state index contributed by atoms with van der Waals surface area (Å²) in [6.45, 7) is 2.49. The normalized spacial score (nSPS) is 30.0. The molecule has 5 rings (SSSR count). The van der Waals surface area contributed by atoms with Gasteiger partial charge < -0.3 is 0 Å². The second kappa shape index (κ2) is 6.50. The second-order valence-corrected chi connectivity index (χ2v) is 8.85. The molecule has 4 heteroatoms. The van der Waals surface area contributed by atoms with Crippen molar-refractivity contribution in [2.24, 2.45) is 12.5 Å². The van der Waals surface area contributed by atoms with Crippen LogP contribution in [0.5, 0.6) is 0 Å². The highest BCUT2D eigenvalue weighted by molar-refractivity contribution is 5.62. The van der Waals surface area contributed by atoms with Crippen LogP contribution < -0.4 is 5.43 Å². The van der Waals surface area contributed by atoms with Gasteiger partial charge in [-0.3, -0.25) is 10.1 Å². The Kier molecular flexibility index (Phi) is 4.13. The van der Waals surface area contributed by atoms with Gasteiger partial charge in [-0.05, 0) is 61.0 Å². The van der Waals surface area contributed by atoms with Gasteiger partial charge >= 0.3 is 0 Å². The van der Waals surface area contributed by atoms with Gasteiger partial charge in [0.1, 0.15) is 0 Å². The van der Waals surface area contributed by atoms with Gasteiger partial charge in [-0.15, -0.1) is 0 Å². The maximum absolute atomic E-state index is 4.28. The van der Waals surface area contributed by atoms with E-state index in [0.717, 1.165) is 12.0 Å². The van der Waals surface area contributed by atoms with Crippen molar-refractivity contribution in [3.63, 3.8) is 0 Å². The molecular formula is C22H30N4. The molecular weight excluding hydrogens is 320 g/mol. The van der Waals surface area contributed by atoms with Gasteiger partial charge in [0.05, 0.1) is 6.20 Å². The molecule has 2 saturated carbocycles. The highest BCUT2D eigenvalue weighted by atomic mass is 15.6. The largest absolute Gasteiger partial charge is 0.275 e. The Labute approximate surface area is 156 Å². The zero-order valence-electron chi connectivity index (χ0n) is 15.8. The molecule has 0 amide bonds. The number of hydrazine groups is 1. The minimum Gasteiger partial charge on any atom is -0.275 e. The predicted molar refractivity (Wildman–Crippen MR) is 105 cm³/mol. The monoisotopic (exact) mass is 350 g/mol.